The van der Waals surface area contributed by atoms with E-state index < -0.39 is 0 Å². The van der Waals surface area contributed by atoms with Crippen LogP contribution in [-0.2, 0) is 11.8 Å². The monoisotopic (exact) mass is 392 g/mol. The van der Waals surface area contributed by atoms with Crippen molar-refractivity contribution in [1.82, 2.24) is 25.5 Å². The van der Waals surface area contributed by atoms with Crippen LogP contribution in [0.15, 0.2) is 12.4 Å². The van der Waals surface area contributed by atoms with Gasteiger partial charge in [0, 0.05) is 42.7 Å². The number of hydrogen-bond donors (Lipinski definition) is 1. The molecule has 4 rings (SSSR count). The van der Waals surface area contributed by atoms with E-state index in [-0.39, 0.29) is 5.41 Å². The van der Waals surface area contributed by atoms with Crippen molar-refractivity contribution in [3.8, 4) is 6.07 Å². The van der Waals surface area contributed by atoms with Crippen LogP contribution in [0.2, 0.25) is 0 Å². The Balaban J connectivity index is 1.80. The van der Waals surface area contributed by atoms with Crippen molar-refractivity contribution in [2.24, 2.45) is 0 Å². The number of aryl methyl sites for hydroxylation is 1. The van der Waals surface area contributed by atoms with E-state index >= 15 is 0 Å². The molecule has 0 radical (unpaired) electrons. The van der Waals surface area contributed by atoms with Crippen LogP contribution in [0.1, 0.15) is 51.4 Å². The highest BCUT2D eigenvalue weighted by Gasteiger charge is 2.42. The number of hydrogen-bond acceptors (Lipinski definition) is 8. The van der Waals surface area contributed by atoms with Gasteiger partial charge in [-0.3, -0.25) is 0 Å². The molecule has 29 heavy (non-hydrogen) atoms. The van der Waals surface area contributed by atoms with Gasteiger partial charge in [-0.25, -0.2) is 9.97 Å². The van der Waals surface area contributed by atoms with E-state index in [1.807, 2.05) is 13.0 Å². The predicted molar refractivity (Wildman–Crippen MR) is 112 cm³/mol. The molecule has 8 nitrogen and oxygen atoms in total. The lowest BCUT2D eigenvalue weighted by molar-refractivity contribution is 0.419. The molecule has 0 spiro atoms. The van der Waals surface area contributed by atoms with Crippen LogP contribution in [0.5, 0.6) is 0 Å². The van der Waals surface area contributed by atoms with E-state index in [2.05, 4.69) is 64.1 Å². The maximum Gasteiger partial charge on any atom is 0.166 e. The van der Waals surface area contributed by atoms with Crippen molar-refractivity contribution >= 4 is 17.5 Å². The Hall–Kier alpha value is -2.79. The molecule has 2 aliphatic heterocycles. The molecule has 1 fully saturated rings. The molecule has 0 amide bonds. The molecule has 2 atom stereocenters. The molecule has 0 aromatic carbocycles. The Morgan fingerprint density at radius 1 is 1.24 bits per heavy atom. The SMILES string of the molecule is CCc1cc(N2CC(C)(C)c3c2ncnc3N2C[C@@H](C)NC[C@@H]2C)nnc1C#N. The third-order valence-electron chi connectivity index (χ3n) is 5.95. The van der Waals surface area contributed by atoms with Crippen LogP contribution < -0.4 is 15.1 Å². The van der Waals surface area contributed by atoms with Crippen molar-refractivity contribution in [3.63, 3.8) is 0 Å². The zero-order valence-corrected chi connectivity index (χ0v) is 17.8. The number of piperazine rings is 1. The fraction of sp³-hybridized carbons (Fsp3) is 0.571. The number of anilines is 3. The first kappa shape index (κ1) is 19.5. The Bertz CT molecular complexity index is 964. The molecule has 2 aromatic rings. The fourth-order valence-electron chi connectivity index (χ4n) is 4.36. The average molecular weight is 393 g/mol. The van der Waals surface area contributed by atoms with E-state index in [1.165, 1.54) is 0 Å². The second kappa shape index (κ2) is 7.23. The molecule has 0 bridgehead atoms. The second-order valence-electron chi connectivity index (χ2n) is 8.72. The number of fused-ring (bicyclic) bond motifs is 1. The van der Waals surface area contributed by atoms with Crippen molar-refractivity contribution < 1.29 is 0 Å². The minimum absolute atomic E-state index is 0.137. The lowest BCUT2D eigenvalue weighted by Crippen LogP contribution is -2.55. The summed E-state index contributed by atoms with van der Waals surface area (Å²) in [6.07, 6.45) is 2.39. The molecule has 1 N–H and O–H groups in total. The van der Waals surface area contributed by atoms with Crippen LogP contribution in [-0.4, -0.2) is 51.9 Å². The first-order valence-corrected chi connectivity index (χ1v) is 10.3. The minimum Gasteiger partial charge on any atom is -0.351 e. The summed E-state index contributed by atoms with van der Waals surface area (Å²) < 4.78 is 0. The van der Waals surface area contributed by atoms with Gasteiger partial charge in [-0.15, -0.1) is 10.2 Å². The van der Waals surface area contributed by atoms with E-state index in [4.69, 9.17) is 4.98 Å². The average Bonchev–Trinajstić information content (AvgIpc) is 3.00. The van der Waals surface area contributed by atoms with Crippen LogP contribution >= 0.6 is 0 Å². The van der Waals surface area contributed by atoms with Gasteiger partial charge < -0.3 is 15.1 Å². The standard InChI is InChI=1S/C21H28N8/c1-6-15-7-17(27-26-16(15)8-22)29-11-21(4,5)18-19(24-12-25-20(18)29)28-10-13(2)23-9-14(28)3/h7,12-14,23H,6,9-11H2,1-5H3/t13-,14+/m1/s1. The number of nitrogens with zero attached hydrogens (tertiary/aromatic N) is 7. The molecular weight excluding hydrogens is 364 g/mol. The summed E-state index contributed by atoms with van der Waals surface area (Å²) in [6, 6.07) is 4.87. The van der Waals surface area contributed by atoms with E-state index in [9.17, 15) is 5.26 Å². The lowest BCUT2D eigenvalue weighted by Gasteiger charge is -2.40. The zero-order chi connectivity index (χ0) is 20.8. The third kappa shape index (κ3) is 3.29. The normalized spacial score (nSPS) is 23.0. The predicted octanol–water partition coefficient (Wildman–Crippen LogP) is 2.32. The number of nitriles is 1. The van der Waals surface area contributed by atoms with E-state index in [1.54, 1.807) is 6.33 Å². The van der Waals surface area contributed by atoms with E-state index in [0.717, 1.165) is 54.6 Å². The van der Waals surface area contributed by atoms with Crippen molar-refractivity contribution in [1.29, 1.82) is 5.26 Å². The first-order chi connectivity index (χ1) is 13.9. The van der Waals surface area contributed by atoms with Gasteiger partial charge in [-0.2, -0.15) is 5.26 Å². The Morgan fingerprint density at radius 2 is 2.00 bits per heavy atom. The Kier molecular flexibility index (Phi) is 4.87. The van der Waals surface area contributed by atoms with Crippen molar-refractivity contribution in [3.05, 3.63) is 29.2 Å². The first-order valence-electron chi connectivity index (χ1n) is 10.3. The zero-order valence-electron chi connectivity index (χ0n) is 17.8. The maximum atomic E-state index is 9.28. The molecule has 0 aliphatic carbocycles. The molecule has 8 heteroatoms. The lowest BCUT2D eigenvalue weighted by atomic mass is 9.87. The van der Waals surface area contributed by atoms with Crippen LogP contribution in [0.4, 0.5) is 17.5 Å². The van der Waals surface area contributed by atoms with Gasteiger partial charge in [0.2, 0.25) is 0 Å². The summed E-state index contributed by atoms with van der Waals surface area (Å²) in [5.74, 6) is 2.64. The highest BCUT2D eigenvalue weighted by atomic mass is 15.3. The van der Waals surface area contributed by atoms with Crippen LogP contribution in [0, 0.1) is 11.3 Å². The quantitative estimate of drug-likeness (QED) is 0.850. The van der Waals surface area contributed by atoms with Gasteiger partial charge in [-0.05, 0) is 31.9 Å². The third-order valence-corrected chi connectivity index (χ3v) is 5.95. The molecule has 0 saturated carbocycles. The number of aromatic nitrogens is 4. The number of nitrogens with one attached hydrogen (secondary N) is 1. The minimum atomic E-state index is -0.137. The van der Waals surface area contributed by atoms with Gasteiger partial charge in [-0.1, -0.05) is 20.8 Å². The smallest absolute Gasteiger partial charge is 0.166 e. The second-order valence-corrected chi connectivity index (χ2v) is 8.72. The number of rotatable bonds is 3. The summed E-state index contributed by atoms with van der Waals surface area (Å²) in [6.45, 7) is 13.5. The highest BCUT2D eigenvalue weighted by Crippen LogP contribution is 2.46. The maximum absolute atomic E-state index is 9.28. The summed E-state index contributed by atoms with van der Waals surface area (Å²) in [5.41, 5.74) is 2.32. The highest BCUT2D eigenvalue weighted by molar-refractivity contribution is 5.73. The molecule has 2 aromatic heterocycles. The summed E-state index contributed by atoms with van der Waals surface area (Å²) in [5, 5.41) is 21.3. The van der Waals surface area contributed by atoms with Crippen molar-refractivity contribution in [2.75, 3.05) is 29.4 Å². The van der Waals surface area contributed by atoms with E-state index in [0.29, 0.717) is 17.8 Å². The molecular formula is C21H28N8. The Labute approximate surface area is 172 Å². The van der Waals surface area contributed by atoms with Gasteiger partial charge in [0.1, 0.15) is 24.0 Å². The van der Waals surface area contributed by atoms with Crippen LogP contribution in [0.25, 0.3) is 0 Å². The molecule has 1 saturated heterocycles. The largest absolute Gasteiger partial charge is 0.351 e. The summed E-state index contributed by atoms with van der Waals surface area (Å²) in [4.78, 5) is 13.9. The van der Waals surface area contributed by atoms with Gasteiger partial charge >= 0.3 is 0 Å². The fourth-order valence-corrected chi connectivity index (χ4v) is 4.36. The molecule has 4 heterocycles. The molecule has 0 unspecified atom stereocenters. The van der Waals surface area contributed by atoms with Gasteiger partial charge in [0.15, 0.2) is 11.5 Å². The van der Waals surface area contributed by atoms with Crippen LogP contribution in [0.3, 0.4) is 0 Å². The molecule has 152 valence electrons. The molecule has 2 aliphatic rings. The Morgan fingerprint density at radius 3 is 2.72 bits per heavy atom. The van der Waals surface area contributed by atoms with Crippen molar-refractivity contribution in [2.45, 2.75) is 58.5 Å². The van der Waals surface area contributed by atoms with Gasteiger partial charge in [0.25, 0.3) is 0 Å². The topological polar surface area (TPSA) is 93.9 Å². The summed E-state index contributed by atoms with van der Waals surface area (Å²) >= 11 is 0. The summed E-state index contributed by atoms with van der Waals surface area (Å²) in [7, 11) is 0. The van der Waals surface area contributed by atoms with Gasteiger partial charge in [0.05, 0.1) is 0 Å².